The van der Waals surface area contributed by atoms with Gasteiger partial charge in [-0.15, -0.1) is 0 Å². The Labute approximate surface area is 114 Å². The third kappa shape index (κ3) is 4.45. The Hall–Kier alpha value is -0.820. The molecule has 8 heteroatoms. The Balaban J connectivity index is 2.84. The molecule has 1 N–H and O–H groups in total. The maximum absolute atomic E-state index is 11.4. The van der Waals surface area contributed by atoms with E-state index in [-0.39, 0.29) is 22.4 Å². The van der Waals surface area contributed by atoms with Crippen molar-refractivity contribution in [3.63, 3.8) is 0 Å². The molecule has 100 valence electrons. The molecular weight excluding hydrogens is 301 g/mol. The summed E-state index contributed by atoms with van der Waals surface area (Å²) in [5.74, 6) is -0.375. The van der Waals surface area contributed by atoms with Gasteiger partial charge < -0.3 is 10.1 Å². The van der Waals surface area contributed by atoms with E-state index in [2.05, 4.69) is 5.32 Å². The van der Waals surface area contributed by atoms with Gasteiger partial charge in [0.25, 0.3) is 9.05 Å². The number of carbonyl (C=O) groups excluding carboxylic acids is 1. The van der Waals surface area contributed by atoms with Gasteiger partial charge in [-0.05, 0) is 25.1 Å². The monoisotopic (exact) mass is 311 g/mol. The van der Waals surface area contributed by atoms with Crippen LogP contribution in [0.4, 0.5) is 5.69 Å². The lowest BCUT2D eigenvalue weighted by Gasteiger charge is -2.08. The maximum atomic E-state index is 11.4. The summed E-state index contributed by atoms with van der Waals surface area (Å²) in [5.41, 5.74) is 0.297. The largest absolute Gasteiger partial charge is 0.372 e. The molecule has 0 atom stereocenters. The van der Waals surface area contributed by atoms with Gasteiger partial charge in [0.05, 0.1) is 15.6 Å². The summed E-state index contributed by atoms with van der Waals surface area (Å²) in [6, 6.07) is 3.78. The summed E-state index contributed by atoms with van der Waals surface area (Å²) in [6.45, 7) is 2.09. The molecule has 0 radical (unpaired) electrons. The normalized spacial score (nSPS) is 11.3. The van der Waals surface area contributed by atoms with Gasteiger partial charge in [-0.2, -0.15) is 0 Å². The van der Waals surface area contributed by atoms with E-state index in [9.17, 15) is 13.2 Å². The van der Waals surface area contributed by atoms with Crippen LogP contribution in [0.3, 0.4) is 0 Å². The van der Waals surface area contributed by atoms with Crippen LogP contribution in [0.2, 0.25) is 5.02 Å². The molecule has 1 aromatic rings. The van der Waals surface area contributed by atoms with Crippen LogP contribution >= 0.6 is 22.3 Å². The van der Waals surface area contributed by atoms with E-state index in [4.69, 9.17) is 27.0 Å². The van der Waals surface area contributed by atoms with Gasteiger partial charge in [-0.25, -0.2) is 8.42 Å². The fourth-order valence-electron chi connectivity index (χ4n) is 1.13. The predicted octanol–water partition coefficient (Wildman–Crippen LogP) is 2.24. The highest BCUT2D eigenvalue weighted by Gasteiger charge is 2.13. The lowest BCUT2D eigenvalue weighted by Crippen LogP contribution is -2.18. The zero-order chi connectivity index (χ0) is 13.8. The summed E-state index contributed by atoms with van der Waals surface area (Å²) in [5, 5.41) is 2.57. The Morgan fingerprint density at radius 1 is 1.44 bits per heavy atom. The van der Waals surface area contributed by atoms with Crippen LogP contribution in [0.15, 0.2) is 23.1 Å². The van der Waals surface area contributed by atoms with Crippen LogP contribution in [0, 0.1) is 0 Å². The van der Waals surface area contributed by atoms with Crippen molar-refractivity contribution >= 4 is 42.9 Å². The maximum Gasteiger partial charge on any atom is 0.261 e. The minimum absolute atomic E-state index is 0.0848. The molecule has 0 aromatic heterocycles. The van der Waals surface area contributed by atoms with Crippen molar-refractivity contribution < 1.29 is 17.9 Å². The van der Waals surface area contributed by atoms with E-state index in [1.165, 1.54) is 18.2 Å². The first-order valence-electron chi connectivity index (χ1n) is 4.96. The summed E-state index contributed by atoms with van der Waals surface area (Å²) < 4.78 is 27.0. The topological polar surface area (TPSA) is 72.5 Å². The molecule has 1 rings (SSSR count). The average Bonchev–Trinajstić information content (AvgIpc) is 2.27. The Morgan fingerprint density at radius 3 is 2.61 bits per heavy atom. The lowest BCUT2D eigenvalue weighted by molar-refractivity contribution is -0.120. The highest BCUT2D eigenvalue weighted by Crippen LogP contribution is 2.26. The van der Waals surface area contributed by atoms with Crippen LogP contribution in [0.5, 0.6) is 0 Å². The molecule has 0 aliphatic carbocycles. The van der Waals surface area contributed by atoms with E-state index in [1.54, 1.807) is 6.92 Å². The number of carbonyl (C=O) groups is 1. The molecule has 0 saturated heterocycles. The van der Waals surface area contributed by atoms with Gasteiger partial charge >= 0.3 is 0 Å². The number of halogens is 2. The van der Waals surface area contributed by atoms with Gasteiger partial charge in [0.1, 0.15) is 6.61 Å². The number of ether oxygens (including phenoxy) is 1. The minimum atomic E-state index is -3.83. The summed E-state index contributed by atoms with van der Waals surface area (Å²) in [7, 11) is 1.33. The number of hydrogen-bond donors (Lipinski definition) is 1. The first-order chi connectivity index (χ1) is 8.34. The van der Waals surface area contributed by atoms with E-state index >= 15 is 0 Å². The second-order valence-electron chi connectivity index (χ2n) is 3.26. The first kappa shape index (κ1) is 15.2. The molecule has 0 heterocycles. The van der Waals surface area contributed by atoms with Gasteiger partial charge in [0.15, 0.2) is 0 Å². The Morgan fingerprint density at radius 2 is 2.11 bits per heavy atom. The van der Waals surface area contributed by atoms with Gasteiger partial charge in [-0.3, -0.25) is 4.79 Å². The van der Waals surface area contributed by atoms with Crippen molar-refractivity contribution in [1.29, 1.82) is 0 Å². The number of amides is 1. The average molecular weight is 312 g/mol. The smallest absolute Gasteiger partial charge is 0.261 e. The minimum Gasteiger partial charge on any atom is -0.372 e. The van der Waals surface area contributed by atoms with E-state index < -0.39 is 9.05 Å². The molecule has 5 nitrogen and oxygen atoms in total. The highest BCUT2D eigenvalue weighted by molar-refractivity contribution is 8.13. The predicted molar refractivity (Wildman–Crippen MR) is 69.6 cm³/mol. The van der Waals surface area contributed by atoms with Gasteiger partial charge in [0, 0.05) is 17.3 Å². The Kier molecular flexibility index (Phi) is 5.40. The van der Waals surface area contributed by atoms with Crippen LogP contribution in [-0.2, 0) is 18.6 Å². The van der Waals surface area contributed by atoms with Crippen molar-refractivity contribution in [1.82, 2.24) is 0 Å². The number of hydrogen-bond acceptors (Lipinski definition) is 4. The SMILES string of the molecule is CCOCC(=O)Nc1ccc(S(=O)(=O)Cl)cc1Cl. The zero-order valence-corrected chi connectivity index (χ0v) is 11.8. The molecule has 0 fully saturated rings. The fourth-order valence-corrected chi connectivity index (χ4v) is 2.20. The van der Waals surface area contributed by atoms with Gasteiger partial charge in [0.2, 0.25) is 5.91 Å². The van der Waals surface area contributed by atoms with Crippen LogP contribution in [0.25, 0.3) is 0 Å². The van der Waals surface area contributed by atoms with Crippen LogP contribution in [-0.4, -0.2) is 27.5 Å². The van der Waals surface area contributed by atoms with Crippen LogP contribution < -0.4 is 5.32 Å². The van der Waals surface area contributed by atoms with E-state index in [0.29, 0.717) is 12.3 Å². The quantitative estimate of drug-likeness (QED) is 0.846. The van der Waals surface area contributed by atoms with Crippen molar-refractivity contribution in [2.24, 2.45) is 0 Å². The number of anilines is 1. The number of rotatable bonds is 5. The first-order valence-corrected chi connectivity index (χ1v) is 7.65. The standard InChI is InChI=1S/C10H11Cl2NO4S/c1-2-17-6-10(14)13-9-4-3-7(5-8(9)11)18(12,15)16/h3-5H,2,6H2,1H3,(H,13,14). The van der Waals surface area contributed by atoms with Crippen molar-refractivity contribution in [2.45, 2.75) is 11.8 Å². The second kappa shape index (κ2) is 6.38. The molecule has 0 saturated carbocycles. The zero-order valence-electron chi connectivity index (χ0n) is 9.44. The Bertz CT molecular complexity index is 545. The van der Waals surface area contributed by atoms with E-state index in [0.717, 1.165) is 0 Å². The highest BCUT2D eigenvalue weighted by atomic mass is 35.7. The summed E-state index contributed by atoms with van der Waals surface area (Å²) in [4.78, 5) is 11.2. The molecule has 0 bridgehead atoms. The van der Waals surface area contributed by atoms with Gasteiger partial charge in [-0.1, -0.05) is 11.6 Å². The second-order valence-corrected chi connectivity index (χ2v) is 6.24. The van der Waals surface area contributed by atoms with Crippen molar-refractivity contribution in [3.8, 4) is 0 Å². The lowest BCUT2D eigenvalue weighted by atomic mass is 10.3. The van der Waals surface area contributed by atoms with Crippen molar-refractivity contribution in [2.75, 3.05) is 18.5 Å². The fraction of sp³-hybridized carbons (Fsp3) is 0.300. The summed E-state index contributed by atoms with van der Waals surface area (Å²) in [6.07, 6.45) is 0. The van der Waals surface area contributed by atoms with E-state index in [1.807, 2.05) is 0 Å². The molecule has 0 aliphatic heterocycles. The molecule has 0 aliphatic rings. The molecule has 0 spiro atoms. The van der Waals surface area contributed by atoms with Crippen LogP contribution in [0.1, 0.15) is 6.92 Å². The molecule has 18 heavy (non-hydrogen) atoms. The van der Waals surface area contributed by atoms with Crippen molar-refractivity contribution in [3.05, 3.63) is 23.2 Å². The third-order valence-electron chi connectivity index (χ3n) is 1.93. The molecular formula is C10H11Cl2NO4S. The number of nitrogens with one attached hydrogen (secondary N) is 1. The molecule has 1 aromatic carbocycles. The number of benzene rings is 1. The summed E-state index contributed by atoms with van der Waals surface area (Å²) >= 11 is 5.83. The third-order valence-corrected chi connectivity index (χ3v) is 3.60. The molecule has 0 unspecified atom stereocenters. The molecule has 1 amide bonds.